The van der Waals surface area contributed by atoms with Crippen molar-refractivity contribution in [3.05, 3.63) is 66.4 Å². The first kappa shape index (κ1) is 23.2. The number of aromatic nitrogens is 5. The van der Waals surface area contributed by atoms with Crippen molar-refractivity contribution in [3.8, 4) is 22.8 Å². The van der Waals surface area contributed by atoms with E-state index >= 15 is 0 Å². The Labute approximate surface area is 208 Å². The molecule has 0 aliphatic heterocycles. The van der Waals surface area contributed by atoms with E-state index in [1.165, 1.54) is 24.6 Å². The number of carbonyl (C=O) groups excluding carboxylic acids is 1. The van der Waals surface area contributed by atoms with Crippen LogP contribution >= 0.6 is 11.8 Å². The van der Waals surface area contributed by atoms with Gasteiger partial charge in [0, 0.05) is 24.6 Å². The molecule has 0 unspecified atom stereocenters. The van der Waals surface area contributed by atoms with Crippen molar-refractivity contribution in [1.82, 2.24) is 24.5 Å². The highest BCUT2D eigenvalue weighted by molar-refractivity contribution is 7.99. The Morgan fingerprint density at radius 3 is 2.54 bits per heavy atom. The molecule has 4 aromatic rings. The van der Waals surface area contributed by atoms with Crippen LogP contribution in [0.25, 0.3) is 17.1 Å². The molecule has 5 rings (SSSR count). The van der Waals surface area contributed by atoms with Crippen LogP contribution in [0.1, 0.15) is 37.3 Å². The summed E-state index contributed by atoms with van der Waals surface area (Å²) in [7, 11) is 3.54. The van der Waals surface area contributed by atoms with Gasteiger partial charge in [0.15, 0.2) is 11.0 Å². The first-order valence-corrected chi connectivity index (χ1v) is 12.7. The Bertz CT molecular complexity index is 1290. The van der Waals surface area contributed by atoms with Crippen LogP contribution in [-0.4, -0.2) is 43.3 Å². The predicted molar refractivity (Wildman–Crippen MR) is 137 cm³/mol. The molecule has 35 heavy (non-hydrogen) atoms. The van der Waals surface area contributed by atoms with Gasteiger partial charge in [0.2, 0.25) is 5.91 Å². The van der Waals surface area contributed by atoms with Gasteiger partial charge >= 0.3 is 0 Å². The smallest absolute Gasteiger partial charge is 0.236 e. The maximum Gasteiger partial charge on any atom is 0.236 e. The van der Waals surface area contributed by atoms with Gasteiger partial charge < -0.3 is 14.6 Å². The zero-order valence-corrected chi connectivity index (χ0v) is 20.7. The van der Waals surface area contributed by atoms with E-state index in [0.29, 0.717) is 16.9 Å². The number of carbonyl (C=O) groups is 1. The second kappa shape index (κ2) is 10.4. The number of amides is 1. The topological polar surface area (TPSA) is 86.9 Å². The summed E-state index contributed by atoms with van der Waals surface area (Å²) >= 11 is 1.35. The highest BCUT2D eigenvalue weighted by Gasteiger charge is 2.23. The Kier molecular flexibility index (Phi) is 6.85. The molecular formula is C26H28N6O2S. The molecular weight excluding hydrogens is 460 g/mol. The summed E-state index contributed by atoms with van der Waals surface area (Å²) in [6, 6.07) is 19.6. The lowest BCUT2D eigenvalue weighted by Gasteiger charge is -2.09. The SMILES string of the molecule is COc1ccc(-c2nnc(SCC(=O)Nc3cc(C4CCCC4)nn3-c3ccccc3)n2C)cc1. The molecule has 1 N–H and O–H groups in total. The largest absolute Gasteiger partial charge is 0.497 e. The first-order chi connectivity index (χ1) is 17.1. The number of nitrogens with zero attached hydrogens (tertiary/aromatic N) is 5. The third-order valence-corrected chi connectivity index (χ3v) is 7.31. The zero-order chi connectivity index (χ0) is 24.2. The van der Waals surface area contributed by atoms with Gasteiger partial charge in [0.05, 0.1) is 24.2 Å². The van der Waals surface area contributed by atoms with E-state index in [0.717, 1.165) is 41.4 Å². The predicted octanol–water partition coefficient (Wildman–Crippen LogP) is 5.06. The Balaban J connectivity index is 1.29. The number of para-hydroxylation sites is 1. The number of hydrogen-bond donors (Lipinski definition) is 1. The van der Waals surface area contributed by atoms with Gasteiger partial charge in [-0.05, 0) is 49.2 Å². The zero-order valence-electron chi connectivity index (χ0n) is 19.8. The van der Waals surface area contributed by atoms with Crippen molar-refractivity contribution < 1.29 is 9.53 Å². The number of anilines is 1. The third kappa shape index (κ3) is 5.09. The second-order valence-corrected chi connectivity index (χ2v) is 9.56. The van der Waals surface area contributed by atoms with E-state index in [4.69, 9.17) is 9.84 Å². The minimum atomic E-state index is -0.112. The van der Waals surface area contributed by atoms with E-state index in [1.807, 2.05) is 77.0 Å². The normalized spacial score (nSPS) is 13.8. The highest BCUT2D eigenvalue weighted by atomic mass is 32.2. The van der Waals surface area contributed by atoms with Crippen LogP contribution < -0.4 is 10.1 Å². The first-order valence-electron chi connectivity index (χ1n) is 11.7. The molecule has 2 aromatic heterocycles. The van der Waals surface area contributed by atoms with E-state index in [-0.39, 0.29) is 11.7 Å². The summed E-state index contributed by atoms with van der Waals surface area (Å²) in [6.45, 7) is 0. The molecule has 1 aliphatic rings. The van der Waals surface area contributed by atoms with E-state index in [1.54, 1.807) is 7.11 Å². The van der Waals surface area contributed by atoms with Gasteiger partial charge in [-0.2, -0.15) is 5.10 Å². The molecule has 2 aromatic carbocycles. The maximum absolute atomic E-state index is 12.9. The summed E-state index contributed by atoms with van der Waals surface area (Å²) in [5.41, 5.74) is 2.91. The Hall–Kier alpha value is -3.59. The van der Waals surface area contributed by atoms with Gasteiger partial charge in [0.25, 0.3) is 0 Å². The van der Waals surface area contributed by atoms with Crippen molar-refractivity contribution >= 4 is 23.5 Å². The Morgan fingerprint density at radius 1 is 1.09 bits per heavy atom. The monoisotopic (exact) mass is 488 g/mol. The number of nitrogens with one attached hydrogen (secondary N) is 1. The summed E-state index contributed by atoms with van der Waals surface area (Å²) in [6.07, 6.45) is 4.77. The number of ether oxygens (including phenoxy) is 1. The van der Waals surface area contributed by atoms with Crippen molar-refractivity contribution in [1.29, 1.82) is 0 Å². The minimum absolute atomic E-state index is 0.112. The molecule has 2 heterocycles. The summed E-state index contributed by atoms with van der Waals surface area (Å²) in [5.74, 6) is 2.78. The number of hydrogen-bond acceptors (Lipinski definition) is 6. The molecule has 1 amide bonds. The lowest BCUT2D eigenvalue weighted by molar-refractivity contribution is -0.113. The van der Waals surface area contributed by atoms with Gasteiger partial charge in [-0.25, -0.2) is 4.68 Å². The number of rotatable bonds is 8. The molecule has 9 heteroatoms. The molecule has 1 saturated carbocycles. The molecule has 8 nitrogen and oxygen atoms in total. The van der Waals surface area contributed by atoms with Gasteiger partial charge in [0.1, 0.15) is 11.6 Å². The minimum Gasteiger partial charge on any atom is -0.497 e. The van der Waals surface area contributed by atoms with Crippen LogP contribution in [0, 0.1) is 0 Å². The molecule has 0 radical (unpaired) electrons. The van der Waals surface area contributed by atoms with Crippen LogP contribution in [-0.2, 0) is 11.8 Å². The van der Waals surface area contributed by atoms with Crippen LogP contribution in [0.15, 0.2) is 65.8 Å². The maximum atomic E-state index is 12.9. The summed E-state index contributed by atoms with van der Waals surface area (Å²) in [5, 5.41) is 17.2. The number of thioether (sulfide) groups is 1. The van der Waals surface area contributed by atoms with Gasteiger partial charge in [-0.15, -0.1) is 10.2 Å². The molecule has 0 saturated heterocycles. The summed E-state index contributed by atoms with van der Waals surface area (Å²) < 4.78 is 8.95. The molecule has 0 bridgehead atoms. The summed E-state index contributed by atoms with van der Waals surface area (Å²) in [4.78, 5) is 12.9. The van der Waals surface area contributed by atoms with Crippen molar-refractivity contribution in [2.75, 3.05) is 18.2 Å². The lowest BCUT2D eigenvalue weighted by Crippen LogP contribution is -2.17. The van der Waals surface area contributed by atoms with Crippen molar-refractivity contribution in [2.24, 2.45) is 7.05 Å². The fourth-order valence-corrected chi connectivity index (χ4v) is 5.13. The average molecular weight is 489 g/mol. The van der Waals surface area contributed by atoms with Gasteiger partial charge in [-0.1, -0.05) is 42.8 Å². The van der Waals surface area contributed by atoms with Crippen molar-refractivity contribution in [2.45, 2.75) is 36.8 Å². The second-order valence-electron chi connectivity index (χ2n) is 8.61. The number of benzene rings is 2. The molecule has 0 atom stereocenters. The quantitative estimate of drug-likeness (QED) is 0.349. The lowest BCUT2D eigenvalue weighted by atomic mass is 10.0. The van der Waals surface area contributed by atoms with E-state index in [2.05, 4.69) is 15.5 Å². The fraction of sp³-hybridized carbons (Fsp3) is 0.308. The molecule has 180 valence electrons. The van der Waals surface area contributed by atoms with E-state index < -0.39 is 0 Å². The van der Waals surface area contributed by atoms with Crippen LogP contribution in [0.5, 0.6) is 5.75 Å². The third-order valence-electron chi connectivity index (χ3n) is 6.29. The highest BCUT2D eigenvalue weighted by Crippen LogP contribution is 2.35. The van der Waals surface area contributed by atoms with Crippen LogP contribution in [0.3, 0.4) is 0 Å². The van der Waals surface area contributed by atoms with Crippen LogP contribution in [0.4, 0.5) is 5.82 Å². The van der Waals surface area contributed by atoms with Crippen LogP contribution in [0.2, 0.25) is 0 Å². The average Bonchev–Trinajstić information content (AvgIpc) is 3.64. The Morgan fingerprint density at radius 2 is 1.83 bits per heavy atom. The molecule has 0 spiro atoms. The van der Waals surface area contributed by atoms with E-state index in [9.17, 15) is 4.79 Å². The standard InChI is InChI=1S/C26H28N6O2S/c1-31-25(19-12-14-21(34-2)15-13-19)28-29-26(31)35-17-24(33)27-23-16-22(18-8-6-7-9-18)30-32(23)20-10-4-3-5-11-20/h3-5,10-16,18H,6-9,17H2,1-2H3,(H,27,33). The fourth-order valence-electron chi connectivity index (χ4n) is 4.42. The molecule has 1 fully saturated rings. The molecule has 1 aliphatic carbocycles. The van der Waals surface area contributed by atoms with Crippen molar-refractivity contribution in [3.63, 3.8) is 0 Å². The van der Waals surface area contributed by atoms with Gasteiger partial charge in [-0.3, -0.25) is 4.79 Å². The number of methoxy groups -OCH3 is 1.